The summed E-state index contributed by atoms with van der Waals surface area (Å²) in [5, 5.41) is 1.37. The van der Waals surface area contributed by atoms with Gasteiger partial charge in [-0.05, 0) is 11.6 Å². The second-order valence-electron chi connectivity index (χ2n) is 3.39. The van der Waals surface area contributed by atoms with Crippen molar-refractivity contribution in [2.45, 2.75) is 6.42 Å². The molecule has 0 bridgehead atoms. The molecule has 2 aromatic rings. The quantitative estimate of drug-likeness (QED) is 0.705. The molecule has 0 saturated carbocycles. The van der Waals surface area contributed by atoms with Gasteiger partial charge in [-0.3, -0.25) is 0 Å². The summed E-state index contributed by atoms with van der Waals surface area (Å²) in [5.74, 6) is 0. The number of hydrogen-bond acceptors (Lipinski definition) is 0. The second kappa shape index (κ2) is 3.23. The minimum Gasteiger partial charge on any atom is -0.357 e. The average Bonchev–Trinajstić information content (AvgIpc) is 2.46. The molecule has 0 saturated heterocycles. The van der Waals surface area contributed by atoms with E-state index >= 15 is 0 Å². The van der Waals surface area contributed by atoms with E-state index in [0.29, 0.717) is 0 Å². The predicted molar refractivity (Wildman–Crippen MR) is 54.4 cm³/mol. The highest BCUT2D eigenvalue weighted by atomic mass is 14.9. The number of fused-ring (bicyclic) bond motifs is 1. The Bertz CT molecular complexity index is 415. The molecule has 68 valence electrons. The number of rotatable bonds is 2. The summed E-state index contributed by atoms with van der Waals surface area (Å²) >= 11 is 0. The Balaban J connectivity index is 2.63. The van der Waals surface area contributed by atoms with Crippen LogP contribution in [0.1, 0.15) is 5.56 Å². The molecule has 2 nitrogen and oxygen atoms in total. The molecule has 13 heavy (non-hydrogen) atoms. The summed E-state index contributed by atoms with van der Waals surface area (Å²) in [6.07, 6.45) is 3.27. The first-order valence-corrected chi connectivity index (χ1v) is 4.65. The SMILES string of the molecule is Cn1cc(CC[NH3+])c2ccccc21. The Morgan fingerprint density at radius 2 is 2.08 bits per heavy atom. The smallest absolute Gasteiger partial charge is 0.0781 e. The molecule has 0 amide bonds. The van der Waals surface area contributed by atoms with Crippen molar-refractivity contribution in [1.82, 2.24) is 4.57 Å². The summed E-state index contributed by atoms with van der Waals surface area (Å²) in [5.41, 5.74) is 6.61. The van der Waals surface area contributed by atoms with Gasteiger partial charge in [0.25, 0.3) is 0 Å². The standard InChI is InChI=1S/C11H14N2/c1-13-8-9(6-7-12)10-4-2-3-5-11(10)13/h2-5,8H,6-7,12H2,1H3/p+1. The van der Waals surface area contributed by atoms with Crippen LogP contribution >= 0.6 is 0 Å². The fourth-order valence-corrected chi connectivity index (χ4v) is 1.82. The molecule has 2 rings (SSSR count). The molecule has 0 aliphatic carbocycles. The van der Waals surface area contributed by atoms with Gasteiger partial charge in [0.1, 0.15) is 0 Å². The van der Waals surface area contributed by atoms with Crippen LogP contribution in [-0.2, 0) is 13.5 Å². The van der Waals surface area contributed by atoms with Crippen LogP contribution in [0.5, 0.6) is 0 Å². The van der Waals surface area contributed by atoms with Crippen LogP contribution in [0.2, 0.25) is 0 Å². The van der Waals surface area contributed by atoms with Crippen LogP contribution in [0.15, 0.2) is 30.5 Å². The minimum absolute atomic E-state index is 0.966. The molecule has 0 aliphatic heterocycles. The number of quaternary nitrogens is 1. The van der Waals surface area contributed by atoms with Gasteiger partial charge >= 0.3 is 0 Å². The van der Waals surface area contributed by atoms with Crippen LogP contribution in [0.3, 0.4) is 0 Å². The lowest BCUT2D eigenvalue weighted by molar-refractivity contribution is -0.366. The molecule has 0 aliphatic rings. The molecule has 1 aromatic carbocycles. The minimum atomic E-state index is 0.966. The number of para-hydroxylation sites is 1. The number of aryl methyl sites for hydroxylation is 1. The van der Waals surface area contributed by atoms with Crippen molar-refractivity contribution in [2.24, 2.45) is 7.05 Å². The fraction of sp³-hybridized carbons (Fsp3) is 0.273. The average molecular weight is 175 g/mol. The first kappa shape index (κ1) is 8.32. The van der Waals surface area contributed by atoms with Crippen molar-refractivity contribution in [3.63, 3.8) is 0 Å². The third-order valence-corrected chi connectivity index (χ3v) is 2.43. The molecule has 3 N–H and O–H groups in total. The number of benzene rings is 1. The molecule has 0 spiro atoms. The van der Waals surface area contributed by atoms with Crippen molar-refractivity contribution in [2.75, 3.05) is 6.54 Å². The fourth-order valence-electron chi connectivity index (χ4n) is 1.82. The van der Waals surface area contributed by atoms with E-state index in [1.54, 1.807) is 0 Å². The number of hydrogen-bond donors (Lipinski definition) is 1. The van der Waals surface area contributed by atoms with Gasteiger partial charge in [0.15, 0.2) is 0 Å². The van der Waals surface area contributed by atoms with Gasteiger partial charge in [0.2, 0.25) is 0 Å². The molecule has 0 radical (unpaired) electrons. The highest BCUT2D eigenvalue weighted by Crippen LogP contribution is 2.19. The van der Waals surface area contributed by atoms with E-state index in [0.717, 1.165) is 13.0 Å². The lowest BCUT2D eigenvalue weighted by Crippen LogP contribution is -2.51. The first-order chi connectivity index (χ1) is 6.33. The van der Waals surface area contributed by atoms with Crippen LogP contribution < -0.4 is 5.73 Å². The second-order valence-corrected chi connectivity index (χ2v) is 3.39. The molecule has 0 unspecified atom stereocenters. The normalized spacial score (nSPS) is 10.9. The van der Waals surface area contributed by atoms with Crippen LogP contribution in [0.4, 0.5) is 0 Å². The van der Waals surface area contributed by atoms with Gasteiger partial charge < -0.3 is 10.3 Å². The summed E-state index contributed by atoms with van der Waals surface area (Å²) < 4.78 is 2.18. The van der Waals surface area contributed by atoms with E-state index in [1.807, 2.05) is 0 Å². The van der Waals surface area contributed by atoms with E-state index in [4.69, 9.17) is 0 Å². The van der Waals surface area contributed by atoms with Crippen LogP contribution in [0.25, 0.3) is 10.9 Å². The Kier molecular flexibility index (Phi) is 2.07. The number of nitrogens with zero attached hydrogens (tertiary/aromatic N) is 1. The van der Waals surface area contributed by atoms with Crippen LogP contribution in [0, 0.1) is 0 Å². The van der Waals surface area contributed by atoms with E-state index in [-0.39, 0.29) is 0 Å². The topological polar surface area (TPSA) is 32.6 Å². The first-order valence-electron chi connectivity index (χ1n) is 4.65. The molecule has 1 aromatic heterocycles. The van der Waals surface area contributed by atoms with E-state index < -0.39 is 0 Å². The van der Waals surface area contributed by atoms with Gasteiger partial charge in [-0.2, -0.15) is 0 Å². The van der Waals surface area contributed by atoms with E-state index in [1.165, 1.54) is 16.5 Å². The third kappa shape index (κ3) is 1.33. The molecular formula is C11H15N2+. The monoisotopic (exact) mass is 175 g/mol. The zero-order chi connectivity index (χ0) is 9.26. The number of aromatic nitrogens is 1. The summed E-state index contributed by atoms with van der Waals surface area (Å²) in [6.45, 7) is 0.966. The Morgan fingerprint density at radius 3 is 2.85 bits per heavy atom. The third-order valence-electron chi connectivity index (χ3n) is 2.43. The maximum absolute atomic E-state index is 3.89. The highest BCUT2D eigenvalue weighted by molar-refractivity contribution is 5.83. The predicted octanol–water partition coefficient (Wildman–Crippen LogP) is 0.963. The maximum Gasteiger partial charge on any atom is 0.0781 e. The van der Waals surface area contributed by atoms with Gasteiger partial charge in [0.05, 0.1) is 6.54 Å². The van der Waals surface area contributed by atoms with Crippen molar-refractivity contribution >= 4 is 10.9 Å². The molecule has 0 fully saturated rings. The summed E-state index contributed by atoms with van der Waals surface area (Å²) in [7, 11) is 2.09. The molecule has 1 heterocycles. The largest absolute Gasteiger partial charge is 0.357 e. The molecule has 0 atom stereocenters. The van der Waals surface area contributed by atoms with Crippen molar-refractivity contribution < 1.29 is 5.73 Å². The van der Waals surface area contributed by atoms with Gasteiger partial charge in [-0.1, -0.05) is 18.2 Å². The Morgan fingerprint density at radius 1 is 1.31 bits per heavy atom. The van der Waals surface area contributed by atoms with Crippen molar-refractivity contribution in [3.05, 3.63) is 36.0 Å². The van der Waals surface area contributed by atoms with Gasteiger partial charge in [-0.15, -0.1) is 0 Å². The van der Waals surface area contributed by atoms with Gasteiger partial charge in [-0.25, -0.2) is 0 Å². The zero-order valence-corrected chi connectivity index (χ0v) is 7.96. The summed E-state index contributed by atoms with van der Waals surface area (Å²) in [4.78, 5) is 0. The Labute approximate surface area is 78.0 Å². The highest BCUT2D eigenvalue weighted by Gasteiger charge is 2.04. The van der Waals surface area contributed by atoms with Crippen molar-refractivity contribution in [3.8, 4) is 0 Å². The summed E-state index contributed by atoms with van der Waals surface area (Å²) in [6, 6.07) is 8.51. The molecular weight excluding hydrogens is 160 g/mol. The Hall–Kier alpha value is -1.28. The van der Waals surface area contributed by atoms with E-state index in [2.05, 4.69) is 47.8 Å². The zero-order valence-electron chi connectivity index (χ0n) is 7.96. The lowest BCUT2D eigenvalue weighted by Gasteiger charge is -1.93. The molecule has 2 heteroatoms. The van der Waals surface area contributed by atoms with Crippen LogP contribution in [-0.4, -0.2) is 11.1 Å². The van der Waals surface area contributed by atoms with Crippen molar-refractivity contribution in [1.29, 1.82) is 0 Å². The maximum atomic E-state index is 3.89. The lowest BCUT2D eigenvalue weighted by atomic mass is 10.1. The van der Waals surface area contributed by atoms with E-state index in [9.17, 15) is 0 Å². The van der Waals surface area contributed by atoms with Gasteiger partial charge in [0, 0.05) is 30.6 Å².